The second-order valence-electron chi connectivity index (χ2n) is 7.86. The van der Waals surface area contributed by atoms with Gasteiger partial charge in [-0.3, -0.25) is 0 Å². The quantitative estimate of drug-likeness (QED) is 0.413. The number of aryl methyl sites for hydroxylation is 4. The molecule has 0 heterocycles. The number of hydrogen-bond donors (Lipinski definition) is 0. The van der Waals surface area contributed by atoms with Gasteiger partial charge in [0.25, 0.3) is 0 Å². The van der Waals surface area contributed by atoms with Crippen LogP contribution >= 0.6 is 0 Å². The summed E-state index contributed by atoms with van der Waals surface area (Å²) in [7, 11) is 0. The number of rotatable bonds is 0. The molecule has 0 amide bonds. The van der Waals surface area contributed by atoms with Crippen LogP contribution in [-0.2, 0) is 5.41 Å². The van der Waals surface area contributed by atoms with E-state index in [2.05, 4.69) is 78.8 Å². The lowest BCUT2D eigenvalue weighted by molar-refractivity contribution is 0.601. The molecule has 0 saturated carbocycles. The molecule has 0 saturated heterocycles. The van der Waals surface area contributed by atoms with Crippen molar-refractivity contribution in [1.82, 2.24) is 0 Å². The van der Waals surface area contributed by atoms with Gasteiger partial charge in [0.15, 0.2) is 0 Å². The summed E-state index contributed by atoms with van der Waals surface area (Å²) >= 11 is 0. The Morgan fingerprint density at radius 1 is 0.545 bits per heavy atom. The van der Waals surface area contributed by atoms with E-state index in [9.17, 15) is 0 Å². The van der Waals surface area contributed by atoms with Gasteiger partial charge in [0, 0.05) is 0 Å². The average molecular weight is 290 g/mol. The van der Waals surface area contributed by atoms with E-state index < -0.39 is 0 Å². The van der Waals surface area contributed by atoms with Crippen LogP contribution in [0.15, 0.2) is 30.3 Å². The normalized spacial score (nSPS) is 12.3. The molecule has 3 aromatic rings. The fourth-order valence-electron chi connectivity index (χ4n) is 3.85. The monoisotopic (exact) mass is 290 g/mol. The van der Waals surface area contributed by atoms with Crippen LogP contribution in [0.1, 0.15) is 48.6 Å². The van der Waals surface area contributed by atoms with Crippen LogP contribution in [-0.4, -0.2) is 0 Å². The van der Waals surface area contributed by atoms with Crippen LogP contribution < -0.4 is 0 Å². The van der Waals surface area contributed by atoms with Crippen molar-refractivity contribution in [3.05, 3.63) is 58.1 Å². The van der Waals surface area contributed by atoms with Crippen LogP contribution in [0.3, 0.4) is 0 Å². The molecule has 0 aliphatic rings. The van der Waals surface area contributed by atoms with Crippen LogP contribution in [0.25, 0.3) is 21.5 Å². The van der Waals surface area contributed by atoms with Gasteiger partial charge in [0.05, 0.1) is 0 Å². The zero-order chi connectivity index (χ0) is 16.2. The zero-order valence-electron chi connectivity index (χ0n) is 14.9. The van der Waals surface area contributed by atoms with Gasteiger partial charge in [0.2, 0.25) is 0 Å². The zero-order valence-corrected chi connectivity index (χ0v) is 14.9. The summed E-state index contributed by atoms with van der Waals surface area (Å²) in [6.07, 6.45) is 0. The van der Waals surface area contributed by atoms with Gasteiger partial charge in [-0.25, -0.2) is 0 Å². The Morgan fingerprint density at radius 3 is 1.32 bits per heavy atom. The molecular formula is C22H26. The van der Waals surface area contributed by atoms with Crippen LogP contribution in [0.2, 0.25) is 0 Å². The van der Waals surface area contributed by atoms with Crippen molar-refractivity contribution in [2.24, 2.45) is 0 Å². The molecule has 0 fully saturated rings. The lowest BCUT2D eigenvalue weighted by Crippen LogP contribution is -2.13. The molecule has 0 aliphatic heterocycles. The number of fused-ring (bicyclic) bond motifs is 2. The van der Waals surface area contributed by atoms with Crippen molar-refractivity contribution in [3.63, 3.8) is 0 Å². The van der Waals surface area contributed by atoms with E-state index in [-0.39, 0.29) is 5.41 Å². The Labute approximate surface area is 134 Å². The van der Waals surface area contributed by atoms with Crippen molar-refractivity contribution < 1.29 is 0 Å². The summed E-state index contributed by atoms with van der Waals surface area (Å²) in [5.74, 6) is 0. The molecule has 0 atom stereocenters. The van der Waals surface area contributed by atoms with E-state index >= 15 is 0 Å². The van der Waals surface area contributed by atoms with E-state index in [4.69, 9.17) is 0 Å². The van der Waals surface area contributed by atoms with Gasteiger partial charge in [-0.2, -0.15) is 0 Å². The minimum Gasteiger partial charge on any atom is -0.0560 e. The molecule has 0 bridgehead atoms. The predicted octanol–water partition coefficient (Wildman–Crippen LogP) is 6.52. The summed E-state index contributed by atoms with van der Waals surface area (Å²) < 4.78 is 0. The van der Waals surface area contributed by atoms with Crippen LogP contribution in [0.5, 0.6) is 0 Å². The third kappa shape index (κ3) is 2.31. The third-order valence-corrected chi connectivity index (χ3v) is 4.64. The molecule has 0 nitrogen and oxygen atoms in total. The highest BCUT2D eigenvalue weighted by Gasteiger charge is 2.21. The van der Waals surface area contributed by atoms with Crippen molar-refractivity contribution >= 4 is 21.5 Å². The van der Waals surface area contributed by atoms with Crippen molar-refractivity contribution in [3.8, 4) is 0 Å². The van der Waals surface area contributed by atoms with E-state index in [1.54, 1.807) is 0 Å². The summed E-state index contributed by atoms with van der Waals surface area (Å²) in [6, 6.07) is 11.7. The first-order valence-corrected chi connectivity index (χ1v) is 8.14. The Kier molecular flexibility index (Phi) is 3.32. The molecule has 0 aromatic heterocycles. The minimum absolute atomic E-state index is 0.123. The van der Waals surface area contributed by atoms with Crippen LogP contribution in [0.4, 0.5) is 0 Å². The molecule has 0 spiro atoms. The first kappa shape index (κ1) is 15.1. The molecule has 3 aromatic carbocycles. The fraction of sp³-hybridized carbons (Fsp3) is 0.364. The van der Waals surface area contributed by atoms with Crippen molar-refractivity contribution in [1.29, 1.82) is 0 Å². The standard InChI is InChI=1S/C22H26/c1-13-8-15(3)17-12-18-16(4)9-14(2)11-20(18)21(19(17)10-13)22(5,6)7/h8-12H,1-7H3. The summed E-state index contributed by atoms with van der Waals surface area (Å²) in [5.41, 5.74) is 7.06. The van der Waals surface area contributed by atoms with E-state index in [0.29, 0.717) is 0 Å². The first-order chi connectivity index (χ1) is 10.2. The lowest BCUT2D eigenvalue weighted by atomic mass is 9.78. The van der Waals surface area contributed by atoms with Crippen LogP contribution in [0, 0.1) is 27.7 Å². The fourth-order valence-corrected chi connectivity index (χ4v) is 3.85. The second-order valence-corrected chi connectivity index (χ2v) is 7.86. The molecular weight excluding hydrogens is 264 g/mol. The predicted molar refractivity (Wildman–Crippen MR) is 99.1 cm³/mol. The van der Waals surface area contributed by atoms with E-state index in [1.807, 2.05) is 0 Å². The molecule has 0 N–H and O–H groups in total. The molecule has 3 rings (SSSR count). The van der Waals surface area contributed by atoms with Gasteiger partial charge in [-0.1, -0.05) is 56.2 Å². The molecule has 0 heteroatoms. The molecule has 0 radical (unpaired) electrons. The molecule has 114 valence electrons. The van der Waals surface area contributed by atoms with E-state index in [0.717, 1.165) is 0 Å². The number of hydrogen-bond acceptors (Lipinski definition) is 0. The molecule has 0 aliphatic carbocycles. The topological polar surface area (TPSA) is 0 Å². The second kappa shape index (κ2) is 4.84. The Balaban J connectivity index is 2.66. The van der Waals surface area contributed by atoms with Crippen molar-refractivity contribution in [2.75, 3.05) is 0 Å². The van der Waals surface area contributed by atoms with Gasteiger partial charge in [-0.05, 0) is 77.4 Å². The summed E-state index contributed by atoms with van der Waals surface area (Å²) in [5, 5.41) is 5.63. The average Bonchev–Trinajstić information content (AvgIpc) is 2.34. The highest BCUT2D eigenvalue weighted by molar-refractivity contribution is 6.05. The maximum atomic E-state index is 2.39. The minimum atomic E-state index is 0.123. The molecule has 0 unspecified atom stereocenters. The largest absolute Gasteiger partial charge is 0.0560 e. The highest BCUT2D eigenvalue weighted by Crippen LogP contribution is 2.39. The molecule has 22 heavy (non-hydrogen) atoms. The maximum Gasteiger partial charge on any atom is -0.0120 e. The van der Waals surface area contributed by atoms with E-state index in [1.165, 1.54) is 49.4 Å². The van der Waals surface area contributed by atoms with Gasteiger partial charge in [-0.15, -0.1) is 0 Å². The Bertz CT molecular complexity index is 824. The summed E-state index contributed by atoms with van der Waals surface area (Å²) in [4.78, 5) is 0. The third-order valence-electron chi connectivity index (χ3n) is 4.64. The van der Waals surface area contributed by atoms with Gasteiger partial charge < -0.3 is 0 Å². The van der Waals surface area contributed by atoms with Gasteiger partial charge in [0.1, 0.15) is 0 Å². The Hall–Kier alpha value is -1.82. The summed E-state index contributed by atoms with van der Waals surface area (Å²) in [6.45, 7) is 15.9. The number of benzene rings is 3. The smallest absolute Gasteiger partial charge is 0.0120 e. The van der Waals surface area contributed by atoms with Crippen molar-refractivity contribution in [2.45, 2.75) is 53.9 Å². The van der Waals surface area contributed by atoms with Gasteiger partial charge >= 0.3 is 0 Å². The highest BCUT2D eigenvalue weighted by atomic mass is 14.3. The maximum absolute atomic E-state index is 2.39. The lowest BCUT2D eigenvalue weighted by Gasteiger charge is -2.26. The Morgan fingerprint density at radius 2 is 0.955 bits per heavy atom. The first-order valence-electron chi connectivity index (χ1n) is 8.14. The SMILES string of the molecule is Cc1cc(C)c2cc3c(C)cc(C)cc3c(C(C)(C)C)c2c1.